The molecule has 0 bridgehead atoms. The predicted octanol–water partition coefficient (Wildman–Crippen LogP) is 4.30. The first-order valence-corrected chi connectivity index (χ1v) is 7.17. The summed E-state index contributed by atoms with van der Waals surface area (Å²) >= 11 is 3.46. The lowest BCUT2D eigenvalue weighted by Gasteiger charge is -2.10. The van der Waals surface area contributed by atoms with Crippen LogP contribution in [0.5, 0.6) is 0 Å². The minimum Gasteiger partial charge on any atom is -0.465 e. The number of hydrogen-bond acceptors (Lipinski definition) is 3. The molecule has 0 saturated heterocycles. The second-order valence-electron chi connectivity index (χ2n) is 4.64. The summed E-state index contributed by atoms with van der Waals surface area (Å²) in [5.74, 6) is -1.25. The van der Waals surface area contributed by atoms with Gasteiger partial charge in [0.2, 0.25) is 0 Å². The van der Waals surface area contributed by atoms with Gasteiger partial charge in [0.1, 0.15) is 5.82 Å². The van der Waals surface area contributed by atoms with Crippen molar-refractivity contribution in [2.75, 3.05) is 12.4 Å². The molecule has 21 heavy (non-hydrogen) atoms. The molecule has 0 fully saturated rings. The third-order valence-electron chi connectivity index (χ3n) is 3.04. The summed E-state index contributed by atoms with van der Waals surface area (Å²) in [5.41, 5.74) is 2.76. The van der Waals surface area contributed by atoms with Crippen molar-refractivity contribution >= 4 is 27.6 Å². The van der Waals surface area contributed by atoms with E-state index in [0.29, 0.717) is 6.54 Å². The zero-order chi connectivity index (χ0) is 15.4. The first-order chi connectivity index (χ1) is 10.0. The Bertz CT molecular complexity index is 673. The molecule has 0 aliphatic carbocycles. The van der Waals surface area contributed by atoms with E-state index in [-0.39, 0.29) is 5.56 Å². The number of carbonyl (C=O) groups excluding carboxylic acids is 1. The van der Waals surface area contributed by atoms with Gasteiger partial charge in [-0.15, -0.1) is 0 Å². The number of nitrogens with one attached hydrogen (secondary N) is 1. The van der Waals surface area contributed by atoms with Gasteiger partial charge in [-0.05, 0) is 58.2 Å². The average Bonchev–Trinajstić information content (AvgIpc) is 2.47. The van der Waals surface area contributed by atoms with Gasteiger partial charge in [0.15, 0.2) is 0 Å². The van der Waals surface area contributed by atoms with Crippen LogP contribution in [0.2, 0.25) is 0 Å². The Labute approximate surface area is 131 Å². The van der Waals surface area contributed by atoms with E-state index in [0.717, 1.165) is 21.3 Å². The largest absolute Gasteiger partial charge is 0.465 e. The number of esters is 1. The van der Waals surface area contributed by atoms with Gasteiger partial charge in [-0.3, -0.25) is 0 Å². The smallest absolute Gasteiger partial charge is 0.340 e. The van der Waals surface area contributed by atoms with Crippen LogP contribution < -0.4 is 5.32 Å². The fraction of sp³-hybridized carbons (Fsp3) is 0.188. The molecule has 110 valence electrons. The van der Waals surface area contributed by atoms with Gasteiger partial charge in [-0.1, -0.05) is 12.1 Å². The average molecular weight is 352 g/mol. The predicted molar refractivity (Wildman–Crippen MR) is 83.9 cm³/mol. The minimum atomic E-state index is -0.673. The highest BCUT2D eigenvalue weighted by molar-refractivity contribution is 9.10. The molecule has 0 aliphatic heterocycles. The molecule has 0 aromatic heterocycles. The van der Waals surface area contributed by atoms with E-state index in [4.69, 9.17) is 0 Å². The Kier molecular flexibility index (Phi) is 4.96. The van der Waals surface area contributed by atoms with Crippen LogP contribution in [0.25, 0.3) is 0 Å². The molecule has 0 saturated carbocycles. The van der Waals surface area contributed by atoms with Crippen LogP contribution in [0, 0.1) is 12.7 Å². The van der Waals surface area contributed by atoms with E-state index >= 15 is 0 Å². The van der Waals surface area contributed by atoms with Gasteiger partial charge < -0.3 is 10.1 Å². The Morgan fingerprint density at radius 1 is 1.29 bits per heavy atom. The quantitative estimate of drug-likeness (QED) is 0.834. The molecule has 0 radical (unpaired) electrons. The first kappa shape index (κ1) is 15.5. The van der Waals surface area contributed by atoms with E-state index in [2.05, 4.69) is 26.0 Å². The van der Waals surface area contributed by atoms with Crippen LogP contribution >= 0.6 is 15.9 Å². The molecule has 2 aromatic rings. The fourth-order valence-electron chi connectivity index (χ4n) is 1.92. The Morgan fingerprint density at radius 2 is 2.05 bits per heavy atom. The van der Waals surface area contributed by atoms with E-state index in [9.17, 15) is 9.18 Å². The summed E-state index contributed by atoms with van der Waals surface area (Å²) in [6.07, 6.45) is 0. The summed E-state index contributed by atoms with van der Waals surface area (Å²) in [6, 6.07) is 10.4. The molecule has 2 aromatic carbocycles. The zero-order valence-electron chi connectivity index (χ0n) is 11.7. The first-order valence-electron chi connectivity index (χ1n) is 6.38. The summed E-state index contributed by atoms with van der Waals surface area (Å²) in [7, 11) is 1.23. The van der Waals surface area contributed by atoms with Crippen molar-refractivity contribution in [2.24, 2.45) is 0 Å². The molecule has 0 atom stereocenters. The Hall–Kier alpha value is -1.88. The van der Waals surface area contributed by atoms with Crippen LogP contribution in [-0.2, 0) is 11.3 Å². The Morgan fingerprint density at radius 3 is 2.71 bits per heavy atom. The number of hydrogen-bond donors (Lipinski definition) is 1. The maximum Gasteiger partial charge on any atom is 0.340 e. The second-order valence-corrected chi connectivity index (χ2v) is 5.50. The summed E-state index contributed by atoms with van der Waals surface area (Å²) in [4.78, 5) is 11.3. The number of methoxy groups -OCH3 is 1. The molecule has 1 N–H and O–H groups in total. The lowest BCUT2D eigenvalue weighted by atomic mass is 10.1. The van der Waals surface area contributed by atoms with Crippen LogP contribution in [-0.4, -0.2) is 13.1 Å². The number of aryl methyl sites for hydroxylation is 1. The van der Waals surface area contributed by atoms with Gasteiger partial charge in [0.05, 0.1) is 12.7 Å². The fourth-order valence-corrected chi connectivity index (χ4v) is 2.30. The SMILES string of the molecule is COC(=O)c1ccc(CNc2cc(C)ccc2Br)cc1F. The maximum absolute atomic E-state index is 13.8. The van der Waals surface area contributed by atoms with Gasteiger partial charge in [-0.25, -0.2) is 9.18 Å². The number of rotatable bonds is 4. The van der Waals surface area contributed by atoms with Crippen molar-refractivity contribution in [1.29, 1.82) is 0 Å². The van der Waals surface area contributed by atoms with Gasteiger partial charge in [0.25, 0.3) is 0 Å². The van der Waals surface area contributed by atoms with E-state index in [1.54, 1.807) is 6.07 Å². The molecule has 5 heteroatoms. The number of benzene rings is 2. The monoisotopic (exact) mass is 351 g/mol. The second kappa shape index (κ2) is 6.72. The van der Waals surface area contributed by atoms with Crippen molar-refractivity contribution in [3.63, 3.8) is 0 Å². The molecule has 0 aliphatic rings. The van der Waals surface area contributed by atoms with Crippen molar-refractivity contribution in [3.8, 4) is 0 Å². The molecule has 3 nitrogen and oxygen atoms in total. The molecule has 0 heterocycles. The highest BCUT2D eigenvalue weighted by Gasteiger charge is 2.12. The lowest BCUT2D eigenvalue weighted by Crippen LogP contribution is -2.06. The molecule has 0 amide bonds. The number of ether oxygens (including phenoxy) is 1. The number of halogens is 2. The Balaban J connectivity index is 2.12. The van der Waals surface area contributed by atoms with Crippen molar-refractivity contribution in [3.05, 3.63) is 63.4 Å². The number of carbonyl (C=O) groups is 1. The third kappa shape index (κ3) is 3.82. The third-order valence-corrected chi connectivity index (χ3v) is 3.74. The molecule has 0 spiro atoms. The van der Waals surface area contributed by atoms with Crippen LogP contribution in [0.3, 0.4) is 0 Å². The molecule has 2 rings (SSSR count). The van der Waals surface area contributed by atoms with E-state index in [1.165, 1.54) is 19.2 Å². The van der Waals surface area contributed by atoms with Crippen molar-refractivity contribution < 1.29 is 13.9 Å². The lowest BCUT2D eigenvalue weighted by molar-refractivity contribution is 0.0595. The van der Waals surface area contributed by atoms with E-state index < -0.39 is 11.8 Å². The molecular weight excluding hydrogens is 337 g/mol. The normalized spacial score (nSPS) is 10.3. The standard InChI is InChI=1S/C16H15BrFNO2/c1-10-3-6-13(17)15(7-10)19-9-11-4-5-12(14(18)8-11)16(20)21-2/h3-8,19H,9H2,1-2H3. The summed E-state index contributed by atoms with van der Waals surface area (Å²) < 4.78 is 19.3. The van der Waals surface area contributed by atoms with Crippen LogP contribution in [0.1, 0.15) is 21.5 Å². The van der Waals surface area contributed by atoms with Crippen molar-refractivity contribution in [1.82, 2.24) is 0 Å². The maximum atomic E-state index is 13.8. The van der Waals surface area contributed by atoms with Crippen LogP contribution in [0.15, 0.2) is 40.9 Å². The highest BCUT2D eigenvalue weighted by Crippen LogP contribution is 2.24. The topological polar surface area (TPSA) is 38.3 Å². The van der Waals surface area contributed by atoms with Gasteiger partial charge in [-0.2, -0.15) is 0 Å². The highest BCUT2D eigenvalue weighted by atomic mass is 79.9. The molecular formula is C16H15BrFNO2. The van der Waals surface area contributed by atoms with Gasteiger partial charge in [0, 0.05) is 16.7 Å². The van der Waals surface area contributed by atoms with E-state index in [1.807, 2.05) is 25.1 Å². The molecule has 0 unspecified atom stereocenters. The summed E-state index contributed by atoms with van der Waals surface area (Å²) in [6.45, 7) is 2.46. The van der Waals surface area contributed by atoms with Crippen molar-refractivity contribution in [2.45, 2.75) is 13.5 Å². The minimum absolute atomic E-state index is 0.0574. The van der Waals surface area contributed by atoms with Crippen LogP contribution in [0.4, 0.5) is 10.1 Å². The zero-order valence-corrected chi connectivity index (χ0v) is 13.3. The number of anilines is 1. The van der Waals surface area contributed by atoms with Gasteiger partial charge >= 0.3 is 5.97 Å². The summed E-state index contributed by atoms with van der Waals surface area (Å²) in [5, 5.41) is 3.23.